The summed E-state index contributed by atoms with van der Waals surface area (Å²) in [7, 11) is -1.68. The minimum Gasteiger partial charge on any atom is -0.336 e. The van der Waals surface area contributed by atoms with E-state index in [0.717, 1.165) is 21.6 Å². The predicted octanol–water partition coefficient (Wildman–Crippen LogP) is 1.24. The number of piperazine rings is 1. The molecule has 6 nitrogen and oxygen atoms in total. The monoisotopic (exact) mass is 430 g/mol. The molecule has 0 aromatic heterocycles. The maximum Gasteiger partial charge on any atom is 0.280 e. The van der Waals surface area contributed by atoms with Crippen LogP contribution in [0.2, 0.25) is 0 Å². The fourth-order valence-corrected chi connectivity index (χ4v) is 5.44. The summed E-state index contributed by atoms with van der Waals surface area (Å²) < 4.78 is 27.6. The summed E-state index contributed by atoms with van der Waals surface area (Å²) in [5, 5.41) is 0. The van der Waals surface area contributed by atoms with Crippen LogP contribution >= 0.6 is 0 Å². The number of nitrogens with one attached hydrogen (secondary N) is 1. The van der Waals surface area contributed by atoms with E-state index in [9.17, 15) is 13.2 Å². The van der Waals surface area contributed by atoms with Crippen molar-refractivity contribution < 1.29 is 18.1 Å². The molecule has 1 aliphatic rings. The molecule has 162 valence electrons. The highest BCUT2D eigenvalue weighted by molar-refractivity contribution is 7.89. The first-order valence-corrected chi connectivity index (χ1v) is 11.8. The largest absolute Gasteiger partial charge is 0.336 e. The summed E-state index contributed by atoms with van der Waals surface area (Å²) in [4.78, 5) is 16.1. The lowest BCUT2D eigenvalue weighted by Crippen LogP contribution is -3.19. The van der Waals surface area contributed by atoms with Crippen LogP contribution in [-0.2, 0) is 21.4 Å². The number of quaternary nitrogens is 1. The van der Waals surface area contributed by atoms with Gasteiger partial charge >= 0.3 is 0 Å². The molecule has 1 atom stereocenters. The van der Waals surface area contributed by atoms with Crippen molar-refractivity contribution in [1.29, 1.82) is 0 Å². The van der Waals surface area contributed by atoms with Crippen LogP contribution in [-0.4, -0.2) is 62.8 Å². The molecule has 1 N–H and O–H groups in total. The van der Waals surface area contributed by atoms with E-state index in [1.54, 1.807) is 21.3 Å². The van der Waals surface area contributed by atoms with Gasteiger partial charge in [0, 0.05) is 13.6 Å². The molecule has 30 heavy (non-hydrogen) atoms. The molecule has 1 heterocycles. The Balaban J connectivity index is 1.60. The predicted molar refractivity (Wildman–Crippen MR) is 118 cm³/mol. The van der Waals surface area contributed by atoms with Crippen molar-refractivity contribution in [1.82, 2.24) is 9.21 Å². The first-order valence-electron chi connectivity index (χ1n) is 10.4. The Bertz CT molecular complexity index is 984. The highest BCUT2D eigenvalue weighted by atomic mass is 32.2. The molecule has 1 fully saturated rings. The van der Waals surface area contributed by atoms with Gasteiger partial charge in [0.25, 0.3) is 5.91 Å². The summed E-state index contributed by atoms with van der Waals surface area (Å²) in [5.74, 6) is 0.0827. The van der Waals surface area contributed by atoms with Gasteiger partial charge in [0.15, 0.2) is 6.04 Å². The molecule has 1 aliphatic heterocycles. The van der Waals surface area contributed by atoms with Crippen LogP contribution < -0.4 is 4.90 Å². The summed E-state index contributed by atoms with van der Waals surface area (Å²) in [6.07, 6.45) is 0. The van der Waals surface area contributed by atoms with E-state index in [4.69, 9.17) is 0 Å². The fraction of sp³-hybridized carbons (Fsp3) is 0.435. The van der Waals surface area contributed by atoms with Crippen molar-refractivity contribution in [3.8, 4) is 0 Å². The minimum atomic E-state index is -3.50. The van der Waals surface area contributed by atoms with E-state index in [0.29, 0.717) is 37.6 Å². The number of carbonyl (C=O) groups is 1. The number of aryl methyl sites for hydroxylation is 2. The number of hydrogen-bond donors (Lipinski definition) is 1. The zero-order valence-corrected chi connectivity index (χ0v) is 19.1. The topological polar surface area (TPSA) is 62.1 Å². The van der Waals surface area contributed by atoms with Gasteiger partial charge in [-0.15, -0.1) is 0 Å². The Labute approximate surface area is 180 Å². The van der Waals surface area contributed by atoms with Crippen LogP contribution in [0.4, 0.5) is 0 Å². The van der Waals surface area contributed by atoms with E-state index in [-0.39, 0.29) is 11.9 Å². The molecule has 0 aliphatic carbocycles. The SMILES string of the molecule is Cc1ccc(S(=O)(=O)N2CC[NH+]([C@@H](C)C(=O)N(C)Cc3ccccc3)CC2)cc1C. The van der Waals surface area contributed by atoms with Crippen molar-refractivity contribution in [2.24, 2.45) is 0 Å². The maximum atomic E-state index is 13.0. The van der Waals surface area contributed by atoms with Gasteiger partial charge < -0.3 is 9.80 Å². The molecule has 2 aromatic rings. The Hall–Kier alpha value is -2.22. The average molecular weight is 431 g/mol. The number of hydrogen-bond acceptors (Lipinski definition) is 3. The molecule has 0 radical (unpaired) electrons. The van der Waals surface area contributed by atoms with Gasteiger partial charge in [0.05, 0.1) is 31.1 Å². The molecule has 0 spiro atoms. The van der Waals surface area contributed by atoms with Crippen molar-refractivity contribution in [3.63, 3.8) is 0 Å². The van der Waals surface area contributed by atoms with E-state index >= 15 is 0 Å². The van der Waals surface area contributed by atoms with Gasteiger partial charge in [-0.25, -0.2) is 8.42 Å². The summed E-state index contributed by atoms with van der Waals surface area (Å²) >= 11 is 0. The smallest absolute Gasteiger partial charge is 0.280 e. The third-order valence-corrected chi connectivity index (χ3v) is 8.00. The number of carbonyl (C=O) groups excluding carboxylic acids is 1. The maximum absolute atomic E-state index is 13.0. The second kappa shape index (κ2) is 9.29. The van der Waals surface area contributed by atoms with Crippen LogP contribution in [0.1, 0.15) is 23.6 Å². The van der Waals surface area contributed by atoms with Crippen LogP contribution in [0.5, 0.6) is 0 Å². The molecule has 1 saturated heterocycles. The standard InChI is InChI=1S/C23H31N3O3S/c1-18-10-11-22(16-19(18)2)30(28,29)26-14-12-25(13-15-26)20(3)23(27)24(4)17-21-8-6-5-7-9-21/h5-11,16,20H,12-15,17H2,1-4H3/p+1/t20-/m0/s1. The Morgan fingerprint density at radius 1 is 1.07 bits per heavy atom. The lowest BCUT2D eigenvalue weighted by Gasteiger charge is -2.35. The Morgan fingerprint density at radius 2 is 1.70 bits per heavy atom. The molecule has 0 bridgehead atoms. The van der Waals surface area contributed by atoms with Crippen LogP contribution in [0.15, 0.2) is 53.4 Å². The van der Waals surface area contributed by atoms with E-state index in [2.05, 4.69) is 0 Å². The van der Waals surface area contributed by atoms with Gasteiger partial charge in [-0.1, -0.05) is 36.4 Å². The number of amides is 1. The fourth-order valence-electron chi connectivity index (χ4n) is 3.91. The van der Waals surface area contributed by atoms with Crippen LogP contribution in [0.25, 0.3) is 0 Å². The summed E-state index contributed by atoms with van der Waals surface area (Å²) in [5.41, 5.74) is 3.15. The highest BCUT2D eigenvalue weighted by Crippen LogP contribution is 2.19. The zero-order valence-electron chi connectivity index (χ0n) is 18.3. The third-order valence-electron chi connectivity index (χ3n) is 6.10. The minimum absolute atomic E-state index is 0.0827. The highest BCUT2D eigenvalue weighted by Gasteiger charge is 2.35. The second-order valence-corrected chi connectivity index (χ2v) is 10.1. The van der Waals surface area contributed by atoms with Crippen molar-refractivity contribution in [2.75, 3.05) is 33.2 Å². The molecule has 3 rings (SSSR count). The normalized spacial score (nSPS) is 16.9. The number of benzene rings is 2. The number of sulfonamides is 1. The number of nitrogens with zero attached hydrogens (tertiary/aromatic N) is 2. The van der Waals surface area contributed by atoms with Crippen LogP contribution in [0.3, 0.4) is 0 Å². The summed E-state index contributed by atoms with van der Waals surface area (Å²) in [6, 6.07) is 15.0. The first kappa shape index (κ1) is 22.5. The third kappa shape index (κ3) is 4.91. The first-order chi connectivity index (χ1) is 14.2. The molecule has 2 aromatic carbocycles. The van der Waals surface area contributed by atoms with E-state index in [1.165, 1.54) is 0 Å². The molecular weight excluding hydrogens is 398 g/mol. The molecule has 1 amide bonds. The quantitative estimate of drug-likeness (QED) is 0.750. The van der Waals surface area contributed by atoms with Gasteiger partial charge in [0.2, 0.25) is 10.0 Å². The lowest BCUT2D eigenvalue weighted by molar-refractivity contribution is -0.918. The van der Waals surface area contributed by atoms with Gasteiger partial charge in [-0.2, -0.15) is 4.31 Å². The van der Waals surface area contributed by atoms with Gasteiger partial charge in [-0.05, 0) is 49.6 Å². The lowest BCUT2D eigenvalue weighted by atomic mass is 10.1. The molecular formula is C23H32N3O3S+. The molecule has 0 unspecified atom stereocenters. The average Bonchev–Trinajstić information content (AvgIpc) is 2.75. The van der Waals surface area contributed by atoms with Crippen molar-refractivity contribution in [3.05, 3.63) is 65.2 Å². The Morgan fingerprint density at radius 3 is 2.30 bits per heavy atom. The van der Waals surface area contributed by atoms with Crippen molar-refractivity contribution >= 4 is 15.9 Å². The zero-order chi connectivity index (χ0) is 21.9. The number of likely N-dealkylation sites (N-methyl/N-ethyl adjacent to an activating group) is 1. The van der Waals surface area contributed by atoms with Crippen molar-refractivity contribution in [2.45, 2.75) is 38.3 Å². The molecule has 7 heteroatoms. The van der Waals surface area contributed by atoms with Crippen LogP contribution in [0, 0.1) is 13.8 Å². The molecule has 0 saturated carbocycles. The number of rotatable bonds is 6. The Kier molecular flexibility index (Phi) is 6.95. The second-order valence-electron chi connectivity index (χ2n) is 8.21. The van der Waals surface area contributed by atoms with Gasteiger partial charge in [0.1, 0.15) is 0 Å². The van der Waals surface area contributed by atoms with E-state index < -0.39 is 10.0 Å². The van der Waals surface area contributed by atoms with E-state index in [1.807, 2.05) is 64.2 Å². The summed E-state index contributed by atoms with van der Waals surface area (Å²) in [6.45, 7) is 8.50. The van der Waals surface area contributed by atoms with Gasteiger partial charge in [-0.3, -0.25) is 4.79 Å².